The lowest BCUT2D eigenvalue weighted by molar-refractivity contribution is 0.335. The maximum absolute atomic E-state index is 5.02. The van der Waals surface area contributed by atoms with E-state index in [0.29, 0.717) is 5.92 Å². The van der Waals surface area contributed by atoms with Crippen molar-refractivity contribution >= 4 is 5.82 Å². The van der Waals surface area contributed by atoms with Gasteiger partial charge in [-0.2, -0.15) is 0 Å². The molecule has 0 aliphatic heterocycles. The van der Waals surface area contributed by atoms with Crippen LogP contribution in [0.3, 0.4) is 0 Å². The van der Waals surface area contributed by atoms with Crippen LogP contribution in [0.2, 0.25) is 0 Å². The van der Waals surface area contributed by atoms with Crippen molar-refractivity contribution in [2.75, 3.05) is 11.9 Å². The zero-order valence-corrected chi connectivity index (χ0v) is 13.6. The molecule has 1 fully saturated rings. The second kappa shape index (κ2) is 6.76. The van der Waals surface area contributed by atoms with Gasteiger partial charge in [0.25, 0.3) is 0 Å². The van der Waals surface area contributed by atoms with Crippen LogP contribution < -0.4 is 5.32 Å². The highest BCUT2D eigenvalue weighted by atomic mass is 15.0. The van der Waals surface area contributed by atoms with Gasteiger partial charge < -0.3 is 5.32 Å². The highest BCUT2D eigenvalue weighted by molar-refractivity contribution is 5.47. The molecule has 1 aromatic rings. The fourth-order valence-corrected chi connectivity index (χ4v) is 3.95. The minimum absolute atomic E-state index is 0.583. The molecule has 0 bridgehead atoms. The SMILES string of the molecule is CCNc1nc(C2CCCC(C)C2)nc2c1CCCCC2. The molecule has 2 unspecified atom stereocenters. The normalized spacial score (nSPS) is 26.0. The van der Waals surface area contributed by atoms with Gasteiger partial charge in [-0.25, -0.2) is 9.97 Å². The van der Waals surface area contributed by atoms with E-state index < -0.39 is 0 Å². The smallest absolute Gasteiger partial charge is 0.134 e. The third-order valence-electron chi connectivity index (χ3n) is 5.10. The molecule has 1 heterocycles. The molecule has 0 spiro atoms. The minimum atomic E-state index is 0.583. The van der Waals surface area contributed by atoms with Gasteiger partial charge in [-0.15, -0.1) is 0 Å². The molecule has 0 saturated heterocycles. The van der Waals surface area contributed by atoms with Crippen LogP contribution in [0.5, 0.6) is 0 Å². The number of rotatable bonds is 3. The first-order valence-corrected chi connectivity index (χ1v) is 8.91. The zero-order chi connectivity index (χ0) is 14.7. The van der Waals surface area contributed by atoms with Crippen LogP contribution in [0.25, 0.3) is 0 Å². The van der Waals surface area contributed by atoms with Crippen molar-refractivity contribution < 1.29 is 0 Å². The summed E-state index contributed by atoms with van der Waals surface area (Å²) in [5.41, 5.74) is 2.74. The molecule has 1 aromatic heterocycles. The molecule has 0 amide bonds. The Labute approximate surface area is 129 Å². The van der Waals surface area contributed by atoms with Crippen LogP contribution in [0, 0.1) is 5.92 Å². The Morgan fingerprint density at radius 1 is 1.05 bits per heavy atom. The Kier molecular flexibility index (Phi) is 4.77. The van der Waals surface area contributed by atoms with E-state index in [0.717, 1.165) is 36.9 Å². The molecule has 3 nitrogen and oxygen atoms in total. The topological polar surface area (TPSA) is 37.8 Å². The van der Waals surface area contributed by atoms with E-state index in [1.54, 1.807) is 0 Å². The maximum Gasteiger partial charge on any atom is 0.134 e. The monoisotopic (exact) mass is 287 g/mol. The fraction of sp³-hybridized carbons (Fsp3) is 0.778. The quantitative estimate of drug-likeness (QED) is 0.833. The molecule has 2 aliphatic rings. The van der Waals surface area contributed by atoms with E-state index in [1.165, 1.54) is 56.2 Å². The molecule has 3 rings (SSSR count). The Morgan fingerprint density at radius 2 is 1.90 bits per heavy atom. The summed E-state index contributed by atoms with van der Waals surface area (Å²) >= 11 is 0. The van der Waals surface area contributed by atoms with Crippen molar-refractivity contribution in [3.05, 3.63) is 17.1 Å². The summed E-state index contributed by atoms with van der Waals surface area (Å²) in [5, 5.41) is 3.50. The molecule has 2 atom stereocenters. The molecule has 1 N–H and O–H groups in total. The van der Waals surface area contributed by atoms with Gasteiger partial charge in [0.2, 0.25) is 0 Å². The molecule has 2 aliphatic carbocycles. The largest absolute Gasteiger partial charge is 0.370 e. The molecule has 1 saturated carbocycles. The van der Waals surface area contributed by atoms with E-state index in [1.807, 2.05) is 0 Å². The van der Waals surface area contributed by atoms with Crippen LogP contribution in [0.15, 0.2) is 0 Å². The zero-order valence-electron chi connectivity index (χ0n) is 13.6. The Balaban J connectivity index is 1.93. The van der Waals surface area contributed by atoms with Crippen LogP contribution in [-0.2, 0) is 12.8 Å². The van der Waals surface area contributed by atoms with Crippen LogP contribution in [0.4, 0.5) is 5.82 Å². The van der Waals surface area contributed by atoms with Gasteiger partial charge in [0.05, 0.1) is 0 Å². The van der Waals surface area contributed by atoms with Crippen LogP contribution in [-0.4, -0.2) is 16.5 Å². The molecular formula is C18H29N3. The first-order valence-electron chi connectivity index (χ1n) is 8.91. The van der Waals surface area contributed by atoms with Gasteiger partial charge in [-0.3, -0.25) is 0 Å². The number of aromatic nitrogens is 2. The summed E-state index contributed by atoms with van der Waals surface area (Å²) in [6.45, 7) is 5.48. The van der Waals surface area contributed by atoms with Crippen molar-refractivity contribution in [3.63, 3.8) is 0 Å². The lowest BCUT2D eigenvalue weighted by atomic mass is 9.82. The summed E-state index contributed by atoms with van der Waals surface area (Å²) in [7, 11) is 0. The van der Waals surface area contributed by atoms with E-state index in [-0.39, 0.29) is 0 Å². The predicted octanol–water partition coefficient (Wildman–Crippen LogP) is 4.47. The number of aryl methyl sites for hydroxylation is 1. The summed E-state index contributed by atoms with van der Waals surface area (Å²) in [6.07, 6.45) is 11.5. The van der Waals surface area contributed by atoms with Gasteiger partial charge >= 0.3 is 0 Å². The summed E-state index contributed by atoms with van der Waals surface area (Å²) < 4.78 is 0. The lowest BCUT2D eigenvalue weighted by Crippen LogP contribution is -2.17. The van der Waals surface area contributed by atoms with E-state index >= 15 is 0 Å². The Morgan fingerprint density at radius 3 is 2.71 bits per heavy atom. The fourth-order valence-electron chi connectivity index (χ4n) is 3.95. The maximum atomic E-state index is 5.02. The number of nitrogens with zero attached hydrogens (tertiary/aromatic N) is 2. The van der Waals surface area contributed by atoms with Crippen LogP contribution >= 0.6 is 0 Å². The van der Waals surface area contributed by atoms with Crippen molar-refractivity contribution in [3.8, 4) is 0 Å². The molecular weight excluding hydrogens is 258 g/mol. The van der Waals surface area contributed by atoms with Crippen molar-refractivity contribution in [1.29, 1.82) is 0 Å². The van der Waals surface area contributed by atoms with Gasteiger partial charge in [-0.1, -0.05) is 26.2 Å². The van der Waals surface area contributed by atoms with Crippen molar-refractivity contribution in [2.24, 2.45) is 5.92 Å². The molecule has 3 heteroatoms. The summed E-state index contributed by atoms with van der Waals surface area (Å²) in [4.78, 5) is 9.98. The van der Waals surface area contributed by atoms with Crippen LogP contribution in [0.1, 0.15) is 81.8 Å². The summed E-state index contributed by atoms with van der Waals surface area (Å²) in [5.74, 6) is 3.67. The Bertz CT molecular complexity index is 484. The average molecular weight is 287 g/mol. The Hall–Kier alpha value is -1.12. The van der Waals surface area contributed by atoms with Gasteiger partial charge in [0, 0.05) is 23.7 Å². The number of hydrogen-bond donors (Lipinski definition) is 1. The van der Waals surface area contributed by atoms with E-state index in [4.69, 9.17) is 9.97 Å². The first kappa shape index (κ1) is 14.8. The third kappa shape index (κ3) is 3.38. The lowest BCUT2D eigenvalue weighted by Gasteiger charge is -2.26. The highest BCUT2D eigenvalue weighted by Crippen LogP contribution is 2.36. The van der Waals surface area contributed by atoms with E-state index in [9.17, 15) is 0 Å². The minimum Gasteiger partial charge on any atom is -0.370 e. The molecule has 21 heavy (non-hydrogen) atoms. The van der Waals surface area contributed by atoms with Gasteiger partial charge in [-0.05, 0) is 51.4 Å². The predicted molar refractivity (Wildman–Crippen MR) is 87.8 cm³/mol. The standard InChI is InChI=1S/C18H29N3/c1-3-19-18-15-10-5-4-6-11-16(15)20-17(21-18)14-9-7-8-13(2)12-14/h13-14H,3-12H2,1-2H3,(H,19,20,21). The van der Waals surface area contributed by atoms with Crippen molar-refractivity contribution in [1.82, 2.24) is 9.97 Å². The number of fused-ring (bicyclic) bond motifs is 1. The molecule has 0 radical (unpaired) electrons. The third-order valence-corrected chi connectivity index (χ3v) is 5.10. The molecule has 116 valence electrons. The second-order valence-corrected chi connectivity index (χ2v) is 6.92. The van der Waals surface area contributed by atoms with Crippen molar-refractivity contribution in [2.45, 2.75) is 77.6 Å². The average Bonchev–Trinajstić information content (AvgIpc) is 2.73. The number of anilines is 1. The van der Waals surface area contributed by atoms with Gasteiger partial charge in [0.1, 0.15) is 11.6 Å². The number of nitrogens with one attached hydrogen (secondary N) is 1. The van der Waals surface area contributed by atoms with E-state index in [2.05, 4.69) is 19.2 Å². The summed E-state index contributed by atoms with van der Waals surface area (Å²) in [6, 6.07) is 0. The molecule has 0 aromatic carbocycles. The second-order valence-electron chi connectivity index (χ2n) is 6.92. The highest BCUT2D eigenvalue weighted by Gasteiger charge is 2.25. The number of hydrogen-bond acceptors (Lipinski definition) is 3. The first-order chi connectivity index (χ1) is 10.3. The van der Waals surface area contributed by atoms with Gasteiger partial charge in [0.15, 0.2) is 0 Å².